The fourth-order valence-electron chi connectivity index (χ4n) is 2.31. The summed E-state index contributed by atoms with van der Waals surface area (Å²) < 4.78 is 0. The van der Waals surface area contributed by atoms with Crippen molar-refractivity contribution in [2.45, 2.75) is 26.3 Å². The highest BCUT2D eigenvalue weighted by Gasteiger charge is 2.21. The number of benzene rings is 1. The first kappa shape index (κ1) is 10.9. The van der Waals surface area contributed by atoms with E-state index in [0.29, 0.717) is 6.04 Å². The van der Waals surface area contributed by atoms with Crippen LogP contribution in [0, 0.1) is 6.92 Å². The van der Waals surface area contributed by atoms with Crippen LogP contribution in [0.25, 0.3) is 10.6 Å². The van der Waals surface area contributed by atoms with Crippen LogP contribution in [0.1, 0.15) is 29.1 Å². The van der Waals surface area contributed by atoms with Crippen molar-refractivity contribution >= 4 is 11.3 Å². The molecule has 0 aliphatic carbocycles. The Hall–Kier alpha value is -1.19. The van der Waals surface area contributed by atoms with Crippen LogP contribution in [-0.2, 0) is 6.42 Å². The Labute approximate surface area is 106 Å². The third-order valence-corrected chi connectivity index (χ3v) is 4.62. The summed E-state index contributed by atoms with van der Waals surface area (Å²) in [6, 6.07) is 8.93. The lowest BCUT2D eigenvalue weighted by molar-refractivity contribution is 0.545. The van der Waals surface area contributed by atoms with Crippen molar-refractivity contribution in [1.29, 1.82) is 0 Å². The molecule has 1 unspecified atom stereocenters. The van der Waals surface area contributed by atoms with E-state index < -0.39 is 0 Å². The van der Waals surface area contributed by atoms with Crippen LogP contribution in [0.3, 0.4) is 0 Å². The van der Waals surface area contributed by atoms with Gasteiger partial charge in [0.05, 0.1) is 5.69 Å². The van der Waals surface area contributed by atoms with E-state index >= 15 is 0 Å². The summed E-state index contributed by atoms with van der Waals surface area (Å²) in [6.45, 7) is 5.42. The van der Waals surface area contributed by atoms with Gasteiger partial charge < -0.3 is 5.32 Å². The lowest BCUT2D eigenvalue weighted by Gasteiger charge is -2.18. The van der Waals surface area contributed by atoms with Crippen LogP contribution >= 0.6 is 11.3 Å². The van der Waals surface area contributed by atoms with E-state index in [9.17, 15) is 0 Å². The topological polar surface area (TPSA) is 24.9 Å². The first-order valence-corrected chi connectivity index (χ1v) is 6.86. The van der Waals surface area contributed by atoms with Crippen LogP contribution in [0.5, 0.6) is 0 Å². The standard InChI is InChI=1S/C14H16N2S/c1-9-5-3-4-6-11(9)14-16-12-7-8-15-10(2)13(12)17-14/h3-6,10,15H,7-8H2,1-2H3. The number of nitrogens with zero attached hydrogens (tertiary/aromatic N) is 1. The molecule has 0 spiro atoms. The zero-order chi connectivity index (χ0) is 11.8. The summed E-state index contributed by atoms with van der Waals surface area (Å²) in [4.78, 5) is 6.22. The minimum absolute atomic E-state index is 0.453. The lowest BCUT2D eigenvalue weighted by atomic mass is 10.1. The van der Waals surface area contributed by atoms with Crippen molar-refractivity contribution in [3.8, 4) is 10.6 Å². The van der Waals surface area contributed by atoms with Crippen molar-refractivity contribution in [1.82, 2.24) is 10.3 Å². The minimum atomic E-state index is 0.453. The zero-order valence-electron chi connectivity index (χ0n) is 10.2. The summed E-state index contributed by atoms with van der Waals surface area (Å²) >= 11 is 1.84. The molecule has 0 amide bonds. The highest BCUT2D eigenvalue weighted by molar-refractivity contribution is 7.15. The molecule has 1 aliphatic rings. The fraction of sp³-hybridized carbons (Fsp3) is 0.357. The van der Waals surface area contributed by atoms with E-state index in [1.165, 1.54) is 26.7 Å². The fourth-order valence-corrected chi connectivity index (χ4v) is 3.54. The number of rotatable bonds is 1. The second kappa shape index (κ2) is 4.24. The molecule has 17 heavy (non-hydrogen) atoms. The molecular weight excluding hydrogens is 228 g/mol. The van der Waals surface area contributed by atoms with E-state index in [2.05, 4.69) is 43.4 Å². The van der Waals surface area contributed by atoms with Gasteiger partial charge in [-0.25, -0.2) is 4.98 Å². The van der Waals surface area contributed by atoms with E-state index in [1.54, 1.807) is 0 Å². The molecule has 1 atom stereocenters. The Balaban J connectivity index is 2.08. The highest BCUT2D eigenvalue weighted by atomic mass is 32.1. The van der Waals surface area contributed by atoms with Crippen LogP contribution < -0.4 is 5.32 Å². The SMILES string of the molecule is Cc1ccccc1-c1nc2c(s1)C(C)NCC2. The number of hydrogen-bond acceptors (Lipinski definition) is 3. The maximum Gasteiger partial charge on any atom is 0.124 e. The molecule has 0 saturated heterocycles. The average Bonchev–Trinajstić information content (AvgIpc) is 2.75. The number of hydrogen-bond donors (Lipinski definition) is 1. The van der Waals surface area contributed by atoms with Crippen molar-refractivity contribution in [3.63, 3.8) is 0 Å². The van der Waals surface area contributed by atoms with Gasteiger partial charge in [0.25, 0.3) is 0 Å². The molecule has 1 N–H and O–H groups in total. The van der Waals surface area contributed by atoms with Gasteiger partial charge in [0.2, 0.25) is 0 Å². The predicted molar refractivity (Wildman–Crippen MR) is 72.4 cm³/mol. The maximum absolute atomic E-state index is 4.81. The summed E-state index contributed by atoms with van der Waals surface area (Å²) in [5.41, 5.74) is 3.87. The van der Waals surface area contributed by atoms with Gasteiger partial charge in [-0.1, -0.05) is 24.3 Å². The molecular formula is C14H16N2S. The third kappa shape index (κ3) is 1.90. The molecule has 1 aromatic carbocycles. The molecule has 3 heteroatoms. The van der Waals surface area contributed by atoms with Gasteiger partial charge in [-0.15, -0.1) is 11.3 Å². The number of aromatic nitrogens is 1. The molecule has 0 bridgehead atoms. The van der Waals surface area contributed by atoms with E-state index in [1.807, 2.05) is 11.3 Å². The van der Waals surface area contributed by atoms with E-state index in [-0.39, 0.29) is 0 Å². The molecule has 0 radical (unpaired) electrons. The normalized spacial score (nSPS) is 19.1. The Morgan fingerprint density at radius 2 is 2.18 bits per heavy atom. The summed E-state index contributed by atoms with van der Waals surface area (Å²) in [7, 11) is 0. The Kier molecular flexibility index (Phi) is 2.73. The van der Waals surface area contributed by atoms with Crippen LogP contribution in [0.2, 0.25) is 0 Å². The largest absolute Gasteiger partial charge is 0.309 e. The Bertz CT molecular complexity index is 545. The number of fused-ring (bicyclic) bond motifs is 1. The molecule has 1 aliphatic heterocycles. The number of thiazole rings is 1. The second-order valence-corrected chi connectivity index (χ2v) is 5.60. The van der Waals surface area contributed by atoms with Crippen LogP contribution in [0.15, 0.2) is 24.3 Å². The van der Waals surface area contributed by atoms with Gasteiger partial charge in [0.15, 0.2) is 0 Å². The molecule has 3 rings (SSSR count). The van der Waals surface area contributed by atoms with E-state index in [4.69, 9.17) is 4.98 Å². The summed E-state index contributed by atoms with van der Waals surface area (Å²) in [6.07, 6.45) is 1.06. The molecule has 0 saturated carbocycles. The number of aryl methyl sites for hydroxylation is 1. The third-order valence-electron chi connectivity index (χ3n) is 3.31. The van der Waals surface area contributed by atoms with Crippen LogP contribution in [-0.4, -0.2) is 11.5 Å². The molecule has 2 nitrogen and oxygen atoms in total. The first-order valence-electron chi connectivity index (χ1n) is 6.04. The Morgan fingerprint density at radius 1 is 1.35 bits per heavy atom. The number of nitrogens with one attached hydrogen (secondary N) is 1. The van der Waals surface area contributed by atoms with Crippen molar-refractivity contribution in [3.05, 3.63) is 40.4 Å². The average molecular weight is 244 g/mol. The monoisotopic (exact) mass is 244 g/mol. The Morgan fingerprint density at radius 3 is 2.94 bits per heavy atom. The molecule has 1 aromatic heterocycles. The van der Waals surface area contributed by atoms with Gasteiger partial charge >= 0.3 is 0 Å². The second-order valence-electron chi connectivity index (χ2n) is 4.57. The summed E-state index contributed by atoms with van der Waals surface area (Å²) in [5.74, 6) is 0. The van der Waals surface area contributed by atoms with Crippen molar-refractivity contribution < 1.29 is 0 Å². The predicted octanol–water partition coefficient (Wildman–Crippen LogP) is 3.33. The molecule has 2 heterocycles. The quantitative estimate of drug-likeness (QED) is 0.832. The molecule has 88 valence electrons. The van der Waals surface area contributed by atoms with Gasteiger partial charge in [-0.2, -0.15) is 0 Å². The van der Waals surface area contributed by atoms with Gasteiger partial charge in [-0.3, -0.25) is 0 Å². The zero-order valence-corrected chi connectivity index (χ0v) is 11.0. The first-order chi connectivity index (χ1) is 8.25. The van der Waals surface area contributed by atoms with Crippen molar-refractivity contribution in [2.24, 2.45) is 0 Å². The smallest absolute Gasteiger partial charge is 0.124 e. The summed E-state index contributed by atoms with van der Waals surface area (Å²) in [5, 5.41) is 4.66. The molecule has 0 fully saturated rings. The lowest BCUT2D eigenvalue weighted by Crippen LogP contribution is -2.26. The van der Waals surface area contributed by atoms with Gasteiger partial charge in [-0.05, 0) is 19.4 Å². The highest BCUT2D eigenvalue weighted by Crippen LogP contribution is 2.35. The van der Waals surface area contributed by atoms with Gasteiger partial charge in [0, 0.05) is 29.4 Å². The van der Waals surface area contributed by atoms with E-state index in [0.717, 1.165) is 13.0 Å². The molecule has 2 aromatic rings. The van der Waals surface area contributed by atoms with Crippen molar-refractivity contribution in [2.75, 3.05) is 6.54 Å². The minimum Gasteiger partial charge on any atom is -0.309 e. The maximum atomic E-state index is 4.81. The van der Waals surface area contributed by atoms with Crippen LogP contribution in [0.4, 0.5) is 0 Å². The van der Waals surface area contributed by atoms with Gasteiger partial charge in [0.1, 0.15) is 5.01 Å².